The molecule has 0 bridgehead atoms. The van der Waals surface area contributed by atoms with Crippen LogP contribution in [0.4, 0.5) is 30.6 Å². The van der Waals surface area contributed by atoms with Gasteiger partial charge in [0, 0.05) is 22.7 Å². The first-order valence-corrected chi connectivity index (χ1v) is 12.9. The van der Waals surface area contributed by atoms with Crippen LogP contribution < -0.4 is 21.1 Å². The highest BCUT2D eigenvalue weighted by molar-refractivity contribution is 7.14. The Morgan fingerprint density at radius 3 is 2.70 bits per heavy atom. The van der Waals surface area contributed by atoms with Crippen molar-refractivity contribution in [2.24, 2.45) is 0 Å². The van der Waals surface area contributed by atoms with Crippen molar-refractivity contribution < 1.29 is 23.1 Å². The van der Waals surface area contributed by atoms with E-state index in [1.54, 1.807) is 23.5 Å². The molecule has 0 atom stereocenters. The van der Waals surface area contributed by atoms with Crippen LogP contribution in [-0.2, 0) is 13.0 Å². The van der Waals surface area contributed by atoms with Crippen LogP contribution in [0.25, 0.3) is 10.4 Å². The molecule has 0 saturated heterocycles. The minimum Gasteiger partial charge on any atom is -0.433 e. The summed E-state index contributed by atoms with van der Waals surface area (Å²) < 4.78 is 29.8. The van der Waals surface area contributed by atoms with Crippen LogP contribution >= 0.6 is 22.7 Å². The maximum atomic E-state index is 13.0. The molecule has 0 fully saturated rings. The molecule has 37 heavy (non-hydrogen) atoms. The average molecular weight is 542 g/mol. The zero-order valence-corrected chi connectivity index (χ0v) is 20.9. The number of para-hydroxylation sites is 2. The zero-order chi connectivity index (χ0) is 25.9. The molecule has 3 heterocycles. The van der Waals surface area contributed by atoms with E-state index in [9.17, 15) is 18.4 Å². The van der Waals surface area contributed by atoms with Gasteiger partial charge in [-0.15, -0.1) is 22.7 Å². The number of fused-ring (bicyclic) bond motifs is 1. The van der Waals surface area contributed by atoms with E-state index in [-0.39, 0.29) is 28.9 Å². The number of nitrogens with one attached hydrogen (secondary N) is 2. The van der Waals surface area contributed by atoms with E-state index in [0.717, 1.165) is 21.0 Å². The predicted octanol–water partition coefficient (Wildman–Crippen LogP) is 5.90. The van der Waals surface area contributed by atoms with Crippen LogP contribution in [0, 0.1) is 0 Å². The molecule has 0 saturated carbocycles. The summed E-state index contributed by atoms with van der Waals surface area (Å²) in [7, 11) is 0. The van der Waals surface area contributed by atoms with Gasteiger partial charge in [0.2, 0.25) is 0 Å². The number of hydrogen-bond donors (Lipinski definition) is 3. The second-order valence-electron chi connectivity index (χ2n) is 8.10. The molecule has 8 nitrogen and oxygen atoms in total. The van der Waals surface area contributed by atoms with Gasteiger partial charge in [-0.2, -0.15) is 8.78 Å². The van der Waals surface area contributed by atoms with Crippen molar-refractivity contribution in [3.05, 3.63) is 75.6 Å². The summed E-state index contributed by atoms with van der Waals surface area (Å²) in [5.41, 5.74) is 8.86. The molecule has 4 aromatic rings. The van der Waals surface area contributed by atoms with E-state index in [2.05, 4.69) is 20.4 Å². The second-order valence-corrected chi connectivity index (χ2v) is 10.1. The molecule has 0 radical (unpaired) electrons. The number of halogens is 2. The zero-order valence-electron chi connectivity index (χ0n) is 19.2. The summed E-state index contributed by atoms with van der Waals surface area (Å²) in [6, 6.07) is 14.9. The number of rotatable bonds is 6. The molecule has 4 N–H and O–H groups in total. The Hall–Kier alpha value is -4.03. The number of aromatic nitrogens is 1. The molecule has 190 valence electrons. The molecule has 0 unspecified atom stereocenters. The van der Waals surface area contributed by atoms with E-state index in [4.69, 9.17) is 5.73 Å². The Kier molecular flexibility index (Phi) is 7.01. The molecular weight excluding hydrogens is 520 g/mol. The first kappa shape index (κ1) is 24.7. The fourth-order valence-electron chi connectivity index (χ4n) is 3.87. The van der Waals surface area contributed by atoms with Crippen molar-refractivity contribution in [1.82, 2.24) is 9.88 Å². The SMILES string of the molecule is Nc1ccc(-c2cccs2)cc1NC(=O)c1nc2c(s1)CN(C(=O)Nc1ccccc1OC(F)F)CC2. The molecule has 2 aromatic heterocycles. The standard InChI is InChI=1S/C25H21F2N5O3S2/c26-24(27)35-19-5-2-1-4-16(19)31-25(34)32-10-9-17-21(13-32)37-23(30-17)22(33)29-18-12-14(7-8-15(18)28)20-6-3-11-36-20/h1-8,11-12,24H,9-10,13,28H2,(H,29,33)(H,31,34). The Morgan fingerprint density at radius 1 is 1.08 bits per heavy atom. The lowest BCUT2D eigenvalue weighted by Crippen LogP contribution is -2.38. The number of thiophene rings is 1. The van der Waals surface area contributed by atoms with Crippen molar-refractivity contribution in [2.75, 3.05) is 22.9 Å². The lowest BCUT2D eigenvalue weighted by Gasteiger charge is -2.26. The summed E-state index contributed by atoms with van der Waals surface area (Å²) in [6.07, 6.45) is 0.456. The fraction of sp³-hybridized carbons (Fsp3) is 0.160. The van der Waals surface area contributed by atoms with E-state index in [0.29, 0.717) is 24.3 Å². The fourth-order valence-corrected chi connectivity index (χ4v) is 5.61. The number of nitrogens with two attached hydrogens (primary N) is 1. The summed E-state index contributed by atoms with van der Waals surface area (Å²) in [5, 5.41) is 7.71. The van der Waals surface area contributed by atoms with Crippen LogP contribution in [0.2, 0.25) is 0 Å². The minimum absolute atomic E-state index is 0.122. The number of benzene rings is 2. The number of thiazole rings is 1. The monoisotopic (exact) mass is 541 g/mol. The third-order valence-corrected chi connectivity index (χ3v) is 7.66. The highest BCUT2D eigenvalue weighted by Gasteiger charge is 2.27. The van der Waals surface area contributed by atoms with Crippen molar-refractivity contribution in [3.63, 3.8) is 0 Å². The van der Waals surface area contributed by atoms with E-state index < -0.39 is 12.6 Å². The van der Waals surface area contributed by atoms with Crippen LogP contribution in [0.3, 0.4) is 0 Å². The van der Waals surface area contributed by atoms with E-state index in [1.807, 2.05) is 29.6 Å². The molecule has 1 aliphatic rings. The van der Waals surface area contributed by atoms with Gasteiger partial charge in [0.25, 0.3) is 5.91 Å². The van der Waals surface area contributed by atoms with Gasteiger partial charge < -0.3 is 26.0 Å². The van der Waals surface area contributed by atoms with Gasteiger partial charge in [-0.3, -0.25) is 4.79 Å². The van der Waals surface area contributed by atoms with Crippen LogP contribution in [0.5, 0.6) is 5.75 Å². The topological polar surface area (TPSA) is 110 Å². The summed E-state index contributed by atoms with van der Waals surface area (Å²) >= 11 is 2.79. The lowest BCUT2D eigenvalue weighted by molar-refractivity contribution is -0.0493. The maximum absolute atomic E-state index is 13.0. The third-order valence-electron chi connectivity index (χ3n) is 5.66. The maximum Gasteiger partial charge on any atom is 0.387 e. The Labute approximate surface area is 218 Å². The van der Waals surface area contributed by atoms with Gasteiger partial charge >= 0.3 is 12.6 Å². The summed E-state index contributed by atoms with van der Waals surface area (Å²) in [4.78, 5) is 33.7. The highest BCUT2D eigenvalue weighted by atomic mass is 32.1. The number of urea groups is 1. The largest absolute Gasteiger partial charge is 0.433 e. The average Bonchev–Trinajstić information content (AvgIpc) is 3.56. The number of carbonyl (C=O) groups excluding carboxylic acids is 2. The van der Waals surface area contributed by atoms with Crippen molar-refractivity contribution in [2.45, 2.75) is 19.6 Å². The number of carbonyl (C=O) groups is 2. The van der Waals surface area contributed by atoms with Gasteiger partial charge in [0.1, 0.15) is 5.75 Å². The molecule has 3 amide bonds. The molecule has 2 aromatic carbocycles. The van der Waals surface area contributed by atoms with Gasteiger partial charge in [-0.1, -0.05) is 24.3 Å². The molecule has 0 spiro atoms. The number of ether oxygens (including phenoxy) is 1. The predicted molar refractivity (Wildman–Crippen MR) is 140 cm³/mol. The van der Waals surface area contributed by atoms with Crippen molar-refractivity contribution >= 4 is 51.7 Å². The first-order chi connectivity index (χ1) is 17.9. The van der Waals surface area contributed by atoms with Gasteiger partial charge in [0.15, 0.2) is 5.01 Å². The van der Waals surface area contributed by atoms with Crippen molar-refractivity contribution in [3.8, 4) is 16.2 Å². The smallest absolute Gasteiger partial charge is 0.387 e. The Bertz CT molecular complexity index is 1440. The Morgan fingerprint density at radius 2 is 1.92 bits per heavy atom. The number of amides is 3. The molecule has 12 heteroatoms. The highest BCUT2D eigenvalue weighted by Crippen LogP contribution is 2.32. The number of anilines is 3. The van der Waals surface area contributed by atoms with Gasteiger partial charge in [-0.05, 0) is 41.3 Å². The summed E-state index contributed by atoms with van der Waals surface area (Å²) in [6.45, 7) is -2.41. The number of alkyl halides is 2. The third kappa shape index (κ3) is 5.54. The summed E-state index contributed by atoms with van der Waals surface area (Å²) in [5.74, 6) is -0.508. The van der Waals surface area contributed by atoms with Crippen LogP contribution in [-0.4, -0.2) is 35.0 Å². The van der Waals surface area contributed by atoms with Crippen LogP contribution in [0.15, 0.2) is 60.0 Å². The quantitative estimate of drug-likeness (QED) is 0.264. The van der Waals surface area contributed by atoms with Gasteiger partial charge in [0.05, 0.1) is 29.3 Å². The second kappa shape index (κ2) is 10.5. The molecule has 0 aliphatic carbocycles. The Balaban J connectivity index is 1.27. The first-order valence-electron chi connectivity index (χ1n) is 11.2. The number of hydrogen-bond acceptors (Lipinski definition) is 7. The number of nitrogens with zero attached hydrogens (tertiary/aromatic N) is 2. The van der Waals surface area contributed by atoms with Crippen LogP contribution in [0.1, 0.15) is 20.4 Å². The molecule has 1 aliphatic heterocycles. The minimum atomic E-state index is -3.01. The van der Waals surface area contributed by atoms with E-state index >= 15 is 0 Å². The molecular formula is C25H21F2N5O3S2. The molecule has 5 rings (SSSR count). The normalized spacial score (nSPS) is 12.8. The number of nitrogen functional groups attached to an aromatic ring is 1. The van der Waals surface area contributed by atoms with Crippen molar-refractivity contribution in [1.29, 1.82) is 0 Å². The lowest BCUT2D eigenvalue weighted by atomic mass is 10.1. The van der Waals surface area contributed by atoms with E-state index in [1.165, 1.54) is 34.4 Å². The van der Waals surface area contributed by atoms with Gasteiger partial charge in [-0.25, -0.2) is 9.78 Å².